The number of nitrogens with zero attached hydrogens (tertiary/aromatic N) is 2. The first-order valence-electron chi connectivity index (χ1n) is 6.81. The van der Waals surface area contributed by atoms with Gasteiger partial charge < -0.3 is 4.42 Å². The summed E-state index contributed by atoms with van der Waals surface area (Å²) in [5.41, 5.74) is 0. The summed E-state index contributed by atoms with van der Waals surface area (Å²) >= 11 is 7.10. The summed E-state index contributed by atoms with van der Waals surface area (Å²) in [7, 11) is 0. The van der Waals surface area contributed by atoms with Gasteiger partial charge in [-0.25, -0.2) is 0 Å². The number of hydroxylamine groups is 1. The number of hydrogen-bond donors (Lipinski definition) is 1. The average molecular weight is 313 g/mol. The zero-order valence-corrected chi connectivity index (χ0v) is 13.7. The largest absolute Gasteiger partial charge is 0.459 e. The van der Waals surface area contributed by atoms with Crippen molar-refractivity contribution < 1.29 is 14.4 Å². The van der Waals surface area contributed by atoms with Crippen molar-refractivity contribution in [3.63, 3.8) is 0 Å². The second-order valence-electron chi connectivity index (χ2n) is 5.42. The number of hydrogen-bond acceptors (Lipinski definition) is 4. The van der Waals surface area contributed by atoms with Gasteiger partial charge in [-0.3, -0.25) is 10.1 Å². The van der Waals surface area contributed by atoms with Crippen LogP contribution in [0.5, 0.6) is 0 Å². The van der Waals surface area contributed by atoms with Crippen LogP contribution >= 0.6 is 24.0 Å². The molecule has 0 aromatic carbocycles. The molecule has 1 aromatic heterocycles. The Hall–Kier alpha value is -1.01. The van der Waals surface area contributed by atoms with Crippen LogP contribution in [0.4, 0.5) is 0 Å². The summed E-state index contributed by atoms with van der Waals surface area (Å²) in [6.07, 6.45) is 5.18. The van der Waals surface area contributed by atoms with Gasteiger partial charge in [-0.15, -0.1) is 0 Å². The van der Waals surface area contributed by atoms with E-state index in [9.17, 15) is 5.21 Å². The van der Waals surface area contributed by atoms with Crippen LogP contribution in [0.2, 0.25) is 0 Å². The maximum Gasteiger partial charge on any atom is 0.292 e. The maximum atomic E-state index is 10.4. The highest BCUT2D eigenvalue weighted by Crippen LogP contribution is 2.41. The van der Waals surface area contributed by atoms with E-state index in [0.29, 0.717) is 5.76 Å². The fraction of sp³-hybridized carbons (Fsp3) is 0.571. The molecule has 1 aromatic rings. The SMILES string of the molecule is CCCCN1C(=S)SC(C)(C)C1[N+](O)=Cc1ccco1. The Labute approximate surface area is 129 Å². The van der Waals surface area contributed by atoms with Gasteiger partial charge in [-0.1, -0.05) is 37.3 Å². The Kier molecular flexibility index (Phi) is 4.75. The Balaban J connectivity index is 2.26. The van der Waals surface area contributed by atoms with Crippen molar-refractivity contribution >= 4 is 34.5 Å². The Bertz CT molecular complexity index is 497. The molecule has 0 spiro atoms. The summed E-state index contributed by atoms with van der Waals surface area (Å²) in [5.74, 6) is 0.626. The molecular weight excluding hydrogens is 292 g/mol. The van der Waals surface area contributed by atoms with Crippen molar-refractivity contribution in [2.75, 3.05) is 6.54 Å². The Morgan fingerprint density at radius 1 is 1.60 bits per heavy atom. The van der Waals surface area contributed by atoms with Gasteiger partial charge in [0.1, 0.15) is 9.07 Å². The highest BCUT2D eigenvalue weighted by atomic mass is 32.2. The van der Waals surface area contributed by atoms with Crippen LogP contribution in [-0.4, -0.2) is 42.8 Å². The topological polar surface area (TPSA) is 39.6 Å². The predicted octanol–water partition coefficient (Wildman–Crippen LogP) is 3.34. The molecule has 0 amide bonds. The van der Waals surface area contributed by atoms with Crippen LogP contribution in [0.25, 0.3) is 0 Å². The smallest absolute Gasteiger partial charge is 0.292 e. The molecule has 20 heavy (non-hydrogen) atoms. The van der Waals surface area contributed by atoms with Crippen molar-refractivity contribution in [1.82, 2.24) is 4.90 Å². The second kappa shape index (κ2) is 6.18. The number of thioether (sulfide) groups is 1. The van der Waals surface area contributed by atoms with Crippen LogP contribution in [-0.2, 0) is 0 Å². The molecule has 0 bridgehead atoms. The lowest BCUT2D eigenvalue weighted by molar-refractivity contribution is -0.808. The summed E-state index contributed by atoms with van der Waals surface area (Å²) in [6, 6.07) is 3.61. The van der Waals surface area contributed by atoms with Gasteiger partial charge >= 0.3 is 0 Å². The number of thiocarbonyl (C=S) groups is 1. The molecule has 1 fully saturated rings. The quantitative estimate of drug-likeness (QED) is 0.297. The van der Waals surface area contributed by atoms with Gasteiger partial charge in [0.25, 0.3) is 12.4 Å². The number of unbranched alkanes of at least 4 members (excludes halogenated alkanes) is 1. The lowest BCUT2D eigenvalue weighted by atomic mass is 10.1. The van der Waals surface area contributed by atoms with E-state index in [1.165, 1.54) is 4.74 Å². The third kappa shape index (κ3) is 3.17. The van der Waals surface area contributed by atoms with Crippen LogP contribution in [0.3, 0.4) is 0 Å². The van der Waals surface area contributed by atoms with Crippen LogP contribution in [0, 0.1) is 0 Å². The molecule has 1 aliphatic heterocycles. The molecule has 1 saturated heterocycles. The molecule has 6 heteroatoms. The van der Waals surface area contributed by atoms with Gasteiger partial charge in [0, 0.05) is 6.54 Å². The van der Waals surface area contributed by atoms with Crippen molar-refractivity contribution in [2.24, 2.45) is 0 Å². The van der Waals surface area contributed by atoms with E-state index in [1.807, 2.05) is 6.07 Å². The molecule has 2 rings (SSSR count). The lowest BCUT2D eigenvalue weighted by Crippen LogP contribution is -2.49. The van der Waals surface area contributed by atoms with Crippen molar-refractivity contribution in [3.8, 4) is 0 Å². The summed E-state index contributed by atoms with van der Waals surface area (Å²) in [4.78, 5) is 2.10. The molecule has 1 N–H and O–H groups in total. The van der Waals surface area contributed by atoms with Crippen molar-refractivity contribution in [1.29, 1.82) is 0 Å². The van der Waals surface area contributed by atoms with Gasteiger partial charge in [0.15, 0.2) is 5.76 Å². The van der Waals surface area contributed by atoms with Gasteiger partial charge in [-0.05, 0) is 37.1 Å². The molecule has 0 saturated carbocycles. The molecule has 0 aliphatic carbocycles. The molecular formula is C14H21N2O2S2+. The van der Waals surface area contributed by atoms with Crippen LogP contribution in [0.15, 0.2) is 22.8 Å². The average Bonchev–Trinajstić information content (AvgIpc) is 2.92. The monoisotopic (exact) mass is 313 g/mol. The van der Waals surface area contributed by atoms with Gasteiger partial charge in [0.2, 0.25) is 0 Å². The minimum absolute atomic E-state index is 0.178. The first kappa shape index (κ1) is 15.4. The predicted molar refractivity (Wildman–Crippen MR) is 85.6 cm³/mol. The minimum atomic E-state index is -0.184. The van der Waals surface area contributed by atoms with Crippen molar-refractivity contribution in [3.05, 3.63) is 24.2 Å². The fourth-order valence-electron chi connectivity index (χ4n) is 2.38. The first-order chi connectivity index (χ1) is 9.45. The van der Waals surface area contributed by atoms with E-state index >= 15 is 0 Å². The summed E-state index contributed by atoms with van der Waals surface area (Å²) in [5, 5.41) is 10.4. The molecule has 1 aliphatic rings. The van der Waals surface area contributed by atoms with E-state index < -0.39 is 0 Å². The number of furan rings is 1. The van der Waals surface area contributed by atoms with E-state index in [4.69, 9.17) is 16.6 Å². The summed E-state index contributed by atoms with van der Waals surface area (Å²) in [6.45, 7) is 7.21. The molecule has 4 nitrogen and oxygen atoms in total. The highest BCUT2D eigenvalue weighted by Gasteiger charge is 2.52. The maximum absolute atomic E-state index is 10.4. The zero-order chi connectivity index (χ0) is 14.8. The van der Waals surface area contributed by atoms with Crippen LogP contribution < -0.4 is 0 Å². The molecule has 110 valence electrons. The Morgan fingerprint density at radius 2 is 2.35 bits per heavy atom. The van der Waals surface area contributed by atoms with Gasteiger partial charge in [-0.2, -0.15) is 0 Å². The van der Waals surface area contributed by atoms with E-state index in [-0.39, 0.29) is 10.9 Å². The zero-order valence-electron chi connectivity index (χ0n) is 12.1. The molecule has 2 heterocycles. The minimum Gasteiger partial charge on any atom is -0.459 e. The standard InChI is InChI=1S/C14H21N2O2S2/c1-4-5-8-15-12(14(2,3)20-13(15)19)16(17)10-11-7-6-9-18-11/h6-7,9-10,12,17H,4-5,8H2,1-3H3/q+1. The third-order valence-corrected chi connectivity index (χ3v) is 4.94. The first-order valence-corrected chi connectivity index (χ1v) is 8.03. The molecule has 0 radical (unpaired) electrons. The third-order valence-electron chi connectivity index (χ3n) is 3.31. The van der Waals surface area contributed by atoms with Gasteiger partial charge in [0.05, 0.1) is 6.26 Å². The number of rotatable bonds is 5. The van der Waals surface area contributed by atoms with E-state index in [0.717, 1.165) is 23.7 Å². The second-order valence-corrected chi connectivity index (χ2v) is 7.70. The summed E-state index contributed by atoms with van der Waals surface area (Å²) < 4.78 is 7.15. The van der Waals surface area contributed by atoms with E-state index in [2.05, 4.69) is 25.7 Å². The molecule has 1 atom stereocenters. The highest BCUT2D eigenvalue weighted by molar-refractivity contribution is 8.24. The normalized spacial score (nSPS) is 22.6. The molecule has 1 unspecified atom stereocenters. The van der Waals surface area contributed by atoms with E-state index in [1.54, 1.807) is 30.3 Å². The van der Waals surface area contributed by atoms with Crippen LogP contribution in [0.1, 0.15) is 39.4 Å². The van der Waals surface area contributed by atoms with Crippen molar-refractivity contribution in [2.45, 2.75) is 44.5 Å². The Morgan fingerprint density at radius 3 is 2.95 bits per heavy atom. The lowest BCUT2D eigenvalue weighted by Gasteiger charge is -2.24. The fourth-order valence-corrected chi connectivity index (χ4v) is 4.32.